The molecule has 0 saturated heterocycles. The van der Waals surface area contributed by atoms with Crippen LogP contribution in [0.25, 0.3) is 21.3 Å². The van der Waals surface area contributed by atoms with Crippen molar-refractivity contribution in [1.29, 1.82) is 0 Å². The molecule has 0 saturated carbocycles. The molecule has 0 aliphatic rings. The second-order valence-corrected chi connectivity index (χ2v) is 5.07. The summed E-state index contributed by atoms with van der Waals surface area (Å²) in [6, 6.07) is 12.2. The van der Waals surface area contributed by atoms with Crippen LogP contribution in [0.2, 0.25) is 0 Å². The van der Waals surface area contributed by atoms with Crippen LogP contribution in [0.4, 0.5) is 10.8 Å². The first-order chi connectivity index (χ1) is 9.15. The Balaban J connectivity index is 2.15. The normalized spacial score (nSPS) is 10.7. The predicted molar refractivity (Wildman–Crippen MR) is 76.1 cm³/mol. The van der Waals surface area contributed by atoms with Crippen LogP contribution in [0.5, 0.6) is 0 Å². The lowest BCUT2D eigenvalue weighted by Gasteiger charge is -2.02. The van der Waals surface area contributed by atoms with Crippen molar-refractivity contribution in [3.63, 3.8) is 0 Å². The van der Waals surface area contributed by atoms with Gasteiger partial charge in [0.2, 0.25) is 0 Å². The first-order valence-corrected chi connectivity index (χ1v) is 6.36. The van der Waals surface area contributed by atoms with Crippen molar-refractivity contribution in [2.75, 3.05) is 5.73 Å². The summed E-state index contributed by atoms with van der Waals surface area (Å²) in [7, 11) is 0. The third kappa shape index (κ3) is 2.02. The average Bonchev–Trinajstić information content (AvgIpc) is 2.78. The molecule has 0 bridgehead atoms. The number of non-ortho nitro benzene ring substituents is 1. The van der Waals surface area contributed by atoms with Crippen molar-refractivity contribution in [2.45, 2.75) is 0 Å². The number of rotatable bonds is 2. The molecule has 0 fully saturated rings. The fourth-order valence-electron chi connectivity index (χ4n) is 1.96. The lowest BCUT2D eigenvalue weighted by molar-refractivity contribution is -0.384. The topological polar surface area (TPSA) is 82.0 Å². The highest BCUT2D eigenvalue weighted by Gasteiger charge is 2.10. The van der Waals surface area contributed by atoms with Crippen LogP contribution in [0.1, 0.15) is 0 Å². The molecule has 0 unspecified atom stereocenters. The summed E-state index contributed by atoms with van der Waals surface area (Å²) < 4.78 is 1.01. The minimum atomic E-state index is -0.412. The second-order valence-electron chi connectivity index (χ2n) is 4.01. The van der Waals surface area contributed by atoms with E-state index >= 15 is 0 Å². The monoisotopic (exact) mass is 271 g/mol. The standard InChI is InChI=1S/C13H9N3O2S/c14-13-15-12-10(2-1-3-11(12)19-13)8-4-6-9(7-5-8)16(17)18/h1-7H,(H2,14,15). The van der Waals surface area contributed by atoms with E-state index in [0.29, 0.717) is 5.13 Å². The summed E-state index contributed by atoms with van der Waals surface area (Å²) in [5.41, 5.74) is 8.45. The van der Waals surface area contributed by atoms with Crippen LogP contribution in [0, 0.1) is 10.1 Å². The Bertz CT molecular complexity index is 765. The van der Waals surface area contributed by atoms with Gasteiger partial charge in [0, 0.05) is 17.7 Å². The number of hydrogen-bond donors (Lipinski definition) is 1. The highest BCUT2D eigenvalue weighted by molar-refractivity contribution is 7.22. The molecule has 94 valence electrons. The van der Waals surface area contributed by atoms with E-state index in [-0.39, 0.29) is 5.69 Å². The number of thiazole rings is 1. The van der Waals surface area contributed by atoms with E-state index in [9.17, 15) is 10.1 Å². The van der Waals surface area contributed by atoms with Gasteiger partial charge in [-0.05, 0) is 23.8 Å². The molecule has 2 aromatic carbocycles. The van der Waals surface area contributed by atoms with Crippen molar-refractivity contribution in [1.82, 2.24) is 4.98 Å². The van der Waals surface area contributed by atoms with E-state index in [1.165, 1.54) is 23.5 Å². The zero-order chi connectivity index (χ0) is 13.4. The molecular formula is C13H9N3O2S. The molecule has 0 aliphatic heterocycles. The van der Waals surface area contributed by atoms with Crippen LogP contribution in [-0.4, -0.2) is 9.91 Å². The average molecular weight is 271 g/mol. The van der Waals surface area contributed by atoms with Gasteiger partial charge in [0.1, 0.15) is 0 Å². The number of nitrogen functional groups attached to an aromatic ring is 1. The van der Waals surface area contributed by atoms with Crippen LogP contribution < -0.4 is 5.73 Å². The van der Waals surface area contributed by atoms with Crippen molar-refractivity contribution < 1.29 is 4.92 Å². The third-order valence-electron chi connectivity index (χ3n) is 2.82. The lowest BCUT2D eigenvalue weighted by atomic mass is 10.0. The van der Waals surface area contributed by atoms with Gasteiger partial charge in [0.15, 0.2) is 5.13 Å². The Morgan fingerprint density at radius 3 is 2.58 bits per heavy atom. The second kappa shape index (κ2) is 4.33. The maximum absolute atomic E-state index is 10.6. The first-order valence-electron chi connectivity index (χ1n) is 5.55. The van der Waals surface area contributed by atoms with Gasteiger partial charge in [0.25, 0.3) is 5.69 Å². The maximum Gasteiger partial charge on any atom is 0.269 e. The number of para-hydroxylation sites is 1. The molecule has 0 aliphatic carbocycles. The fraction of sp³-hybridized carbons (Fsp3) is 0. The molecule has 1 heterocycles. The van der Waals surface area contributed by atoms with Gasteiger partial charge in [-0.3, -0.25) is 10.1 Å². The largest absolute Gasteiger partial charge is 0.375 e. The molecule has 1 aromatic heterocycles. The first kappa shape index (κ1) is 11.6. The number of hydrogen-bond acceptors (Lipinski definition) is 5. The van der Waals surface area contributed by atoms with Crippen LogP contribution >= 0.6 is 11.3 Å². The van der Waals surface area contributed by atoms with E-state index in [1.54, 1.807) is 12.1 Å². The molecule has 5 nitrogen and oxygen atoms in total. The maximum atomic E-state index is 10.6. The Morgan fingerprint density at radius 2 is 1.89 bits per heavy atom. The molecule has 6 heteroatoms. The van der Waals surface area contributed by atoms with Crippen molar-refractivity contribution >= 4 is 32.4 Å². The van der Waals surface area contributed by atoms with Gasteiger partial charge in [0.05, 0.1) is 15.1 Å². The minimum Gasteiger partial charge on any atom is -0.375 e. The molecule has 0 radical (unpaired) electrons. The molecular weight excluding hydrogens is 262 g/mol. The smallest absolute Gasteiger partial charge is 0.269 e. The summed E-state index contributed by atoms with van der Waals surface area (Å²) in [6.45, 7) is 0. The highest BCUT2D eigenvalue weighted by Crippen LogP contribution is 2.33. The van der Waals surface area contributed by atoms with Crippen molar-refractivity contribution in [2.24, 2.45) is 0 Å². The number of benzene rings is 2. The minimum absolute atomic E-state index is 0.0775. The summed E-state index contributed by atoms with van der Waals surface area (Å²) >= 11 is 1.43. The molecule has 0 atom stereocenters. The van der Waals surface area contributed by atoms with E-state index in [4.69, 9.17) is 5.73 Å². The van der Waals surface area contributed by atoms with Gasteiger partial charge in [-0.1, -0.05) is 23.5 Å². The van der Waals surface area contributed by atoms with E-state index < -0.39 is 4.92 Å². The number of nitrogens with zero attached hydrogens (tertiary/aromatic N) is 2. The summed E-state index contributed by atoms with van der Waals surface area (Å²) in [6.07, 6.45) is 0. The highest BCUT2D eigenvalue weighted by atomic mass is 32.1. The zero-order valence-corrected chi connectivity index (χ0v) is 10.6. The Kier molecular flexibility index (Phi) is 2.64. The number of anilines is 1. The van der Waals surface area contributed by atoms with Gasteiger partial charge < -0.3 is 5.73 Å². The molecule has 19 heavy (non-hydrogen) atoms. The van der Waals surface area contributed by atoms with Crippen LogP contribution in [0.15, 0.2) is 42.5 Å². The van der Waals surface area contributed by atoms with Gasteiger partial charge in [-0.25, -0.2) is 4.98 Å². The molecule has 3 aromatic rings. The lowest BCUT2D eigenvalue weighted by Crippen LogP contribution is -1.87. The number of fused-ring (bicyclic) bond motifs is 1. The SMILES string of the molecule is Nc1nc2c(-c3ccc([N+](=O)[O-])cc3)cccc2s1. The molecule has 2 N–H and O–H groups in total. The van der Waals surface area contributed by atoms with Crippen LogP contribution in [0.3, 0.4) is 0 Å². The molecule has 3 rings (SSSR count). The fourth-order valence-corrected chi connectivity index (χ4v) is 2.72. The van der Waals surface area contributed by atoms with E-state index in [0.717, 1.165) is 21.3 Å². The zero-order valence-electron chi connectivity index (χ0n) is 9.74. The number of nitro groups is 1. The number of nitrogens with two attached hydrogens (primary N) is 1. The number of nitro benzene ring substituents is 1. The van der Waals surface area contributed by atoms with Gasteiger partial charge in [-0.2, -0.15) is 0 Å². The summed E-state index contributed by atoms with van der Waals surface area (Å²) in [5, 5.41) is 11.2. The summed E-state index contributed by atoms with van der Waals surface area (Å²) in [5.74, 6) is 0. The van der Waals surface area contributed by atoms with E-state index in [2.05, 4.69) is 4.98 Å². The van der Waals surface area contributed by atoms with E-state index in [1.807, 2.05) is 18.2 Å². The van der Waals surface area contributed by atoms with Crippen LogP contribution in [-0.2, 0) is 0 Å². The summed E-state index contributed by atoms with van der Waals surface area (Å²) in [4.78, 5) is 14.5. The van der Waals surface area contributed by atoms with Gasteiger partial charge >= 0.3 is 0 Å². The molecule has 0 amide bonds. The predicted octanol–water partition coefficient (Wildman–Crippen LogP) is 3.45. The molecule has 0 spiro atoms. The third-order valence-corrected chi connectivity index (χ3v) is 3.67. The van der Waals surface area contributed by atoms with Crippen molar-refractivity contribution in [3.05, 3.63) is 52.6 Å². The Hall–Kier alpha value is -2.47. The quantitative estimate of drug-likeness (QED) is 0.571. The van der Waals surface area contributed by atoms with Crippen molar-refractivity contribution in [3.8, 4) is 11.1 Å². The van der Waals surface area contributed by atoms with Gasteiger partial charge in [-0.15, -0.1) is 0 Å². The Morgan fingerprint density at radius 1 is 1.16 bits per heavy atom. The Labute approximate surface area is 112 Å². The number of aromatic nitrogens is 1.